The molecule has 0 spiro atoms. The maximum absolute atomic E-state index is 13.0. The van der Waals surface area contributed by atoms with E-state index in [1.54, 1.807) is 24.3 Å². The molecule has 2 aromatic rings. The second-order valence-corrected chi connectivity index (χ2v) is 7.30. The first kappa shape index (κ1) is 19.0. The molecule has 2 aromatic carbocycles. The van der Waals surface area contributed by atoms with Crippen LogP contribution in [0, 0.1) is 16.7 Å². The van der Waals surface area contributed by atoms with Gasteiger partial charge in [-0.1, -0.05) is 18.2 Å². The molecule has 4 rings (SSSR count). The minimum absolute atomic E-state index is 0.299. The normalized spacial score (nSPS) is 17.1. The molecule has 29 heavy (non-hydrogen) atoms. The van der Waals surface area contributed by atoms with Gasteiger partial charge in [0.05, 0.1) is 36.2 Å². The van der Waals surface area contributed by atoms with E-state index in [9.17, 15) is 9.59 Å². The van der Waals surface area contributed by atoms with Crippen LogP contribution in [-0.4, -0.2) is 38.1 Å². The Labute approximate surface area is 169 Å². The molecule has 7 heteroatoms. The molecule has 2 amide bonds. The zero-order valence-corrected chi connectivity index (χ0v) is 16.0. The summed E-state index contributed by atoms with van der Waals surface area (Å²) in [5.41, 5.74) is 1.53. The molecule has 1 heterocycles. The van der Waals surface area contributed by atoms with Crippen molar-refractivity contribution in [1.82, 2.24) is 0 Å². The molecule has 1 saturated heterocycles. The average Bonchev–Trinajstić information content (AvgIpc) is 3.57. The summed E-state index contributed by atoms with van der Waals surface area (Å²) >= 11 is 0. The van der Waals surface area contributed by atoms with Crippen molar-refractivity contribution in [3.8, 4) is 6.07 Å². The molecule has 0 bridgehead atoms. The van der Waals surface area contributed by atoms with Gasteiger partial charge in [0, 0.05) is 18.8 Å². The first-order valence-electron chi connectivity index (χ1n) is 9.67. The Bertz CT molecular complexity index is 972. The van der Waals surface area contributed by atoms with E-state index < -0.39 is 5.41 Å². The number of morpholine rings is 1. The predicted molar refractivity (Wildman–Crippen MR) is 110 cm³/mol. The van der Waals surface area contributed by atoms with E-state index in [0.717, 1.165) is 18.8 Å². The van der Waals surface area contributed by atoms with Gasteiger partial charge in [0.25, 0.3) is 0 Å². The highest BCUT2D eigenvalue weighted by Crippen LogP contribution is 2.48. The zero-order valence-electron chi connectivity index (χ0n) is 16.0. The fourth-order valence-corrected chi connectivity index (χ4v) is 3.50. The quantitative estimate of drug-likeness (QED) is 0.766. The van der Waals surface area contributed by atoms with Crippen LogP contribution in [0.25, 0.3) is 0 Å². The van der Waals surface area contributed by atoms with Crippen LogP contribution in [0.5, 0.6) is 0 Å². The van der Waals surface area contributed by atoms with Crippen LogP contribution in [0.15, 0.2) is 48.5 Å². The minimum Gasteiger partial charge on any atom is -0.378 e. The number of hydrogen-bond donors (Lipinski definition) is 2. The van der Waals surface area contributed by atoms with Crippen molar-refractivity contribution in [2.45, 2.75) is 12.8 Å². The Morgan fingerprint density at radius 1 is 1.00 bits per heavy atom. The Kier molecular flexibility index (Phi) is 5.19. The summed E-state index contributed by atoms with van der Waals surface area (Å²) in [7, 11) is 0. The maximum atomic E-state index is 13.0. The minimum atomic E-state index is -1.07. The number of amides is 2. The highest BCUT2D eigenvalue weighted by molar-refractivity contribution is 6.17. The van der Waals surface area contributed by atoms with Gasteiger partial charge < -0.3 is 20.3 Å². The van der Waals surface area contributed by atoms with Crippen molar-refractivity contribution in [3.63, 3.8) is 0 Å². The van der Waals surface area contributed by atoms with Gasteiger partial charge in [-0.3, -0.25) is 9.59 Å². The van der Waals surface area contributed by atoms with E-state index in [0.29, 0.717) is 43.0 Å². The van der Waals surface area contributed by atoms with E-state index in [1.807, 2.05) is 30.3 Å². The lowest BCUT2D eigenvalue weighted by atomic mass is 10.0. The number of ether oxygens (including phenoxy) is 1. The predicted octanol–water partition coefficient (Wildman–Crippen LogP) is 2.75. The summed E-state index contributed by atoms with van der Waals surface area (Å²) in [5.74, 6) is -0.638. The van der Waals surface area contributed by atoms with E-state index in [2.05, 4.69) is 15.5 Å². The van der Waals surface area contributed by atoms with Crippen LogP contribution in [0.3, 0.4) is 0 Å². The molecule has 1 aliphatic carbocycles. The van der Waals surface area contributed by atoms with Crippen molar-refractivity contribution >= 4 is 28.9 Å². The van der Waals surface area contributed by atoms with Gasteiger partial charge >= 0.3 is 0 Å². The first-order valence-corrected chi connectivity index (χ1v) is 9.67. The standard InChI is InChI=1S/C22H22N4O3/c23-15-16-4-3-5-17(14-16)24-20(27)22(8-9-22)21(28)25-18-6-1-2-7-19(18)26-10-12-29-13-11-26/h1-7,14H,8-13H2,(H,24,27)(H,25,28). The number of carbonyl (C=O) groups excluding carboxylic acids is 2. The molecule has 1 saturated carbocycles. The summed E-state index contributed by atoms with van der Waals surface area (Å²) in [6, 6.07) is 16.3. The molecule has 0 aromatic heterocycles. The number of carbonyl (C=O) groups is 2. The number of nitriles is 1. The number of para-hydroxylation sites is 2. The van der Waals surface area contributed by atoms with Crippen molar-refractivity contribution in [2.75, 3.05) is 41.8 Å². The molecule has 1 aliphatic heterocycles. The number of nitrogens with one attached hydrogen (secondary N) is 2. The highest BCUT2D eigenvalue weighted by Gasteiger charge is 2.56. The molecule has 2 aliphatic rings. The van der Waals surface area contributed by atoms with Gasteiger partial charge in [-0.15, -0.1) is 0 Å². The van der Waals surface area contributed by atoms with Gasteiger partial charge in [-0.25, -0.2) is 0 Å². The molecular weight excluding hydrogens is 368 g/mol. The molecule has 2 fully saturated rings. The zero-order chi connectivity index (χ0) is 20.3. The van der Waals surface area contributed by atoms with Crippen molar-refractivity contribution < 1.29 is 14.3 Å². The van der Waals surface area contributed by atoms with E-state index in [-0.39, 0.29) is 11.8 Å². The fourth-order valence-electron chi connectivity index (χ4n) is 3.50. The van der Waals surface area contributed by atoms with Crippen LogP contribution >= 0.6 is 0 Å². The van der Waals surface area contributed by atoms with Crippen molar-refractivity contribution in [2.24, 2.45) is 5.41 Å². The third kappa shape index (κ3) is 3.93. The highest BCUT2D eigenvalue weighted by atomic mass is 16.5. The monoisotopic (exact) mass is 390 g/mol. The van der Waals surface area contributed by atoms with E-state index in [1.165, 1.54) is 0 Å². The summed E-state index contributed by atoms with van der Waals surface area (Å²) in [4.78, 5) is 28.0. The van der Waals surface area contributed by atoms with Crippen molar-refractivity contribution in [3.05, 3.63) is 54.1 Å². The van der Waals surface area contributed by atoms with Gasteiger partial charge in [-0.05, 0) is 43.2 Å². The van der Waals surface area contributed by atoms with Crippen LogP contribution in [0.1, 0.15) is 18.4 Å². The summed E-state index contributed by atoms with van der Waals surface area (Å²) in [6.07, 6.45) is 1.00. The largest absolute Gasteiger partial charge is 0.378 e. The number of nitrogens with zero attached hydrogens (tertiary/aromatic N) is 2. The third-order valence-electron chi connectivity index (χ3n) is 5.37. The maximum Gasteiger partial charge on any atom is 0.240 e. The molecular formula is C22H22N4O3. The van der Waals surface area contributed by atoms with Gasteiger partial charge in [0.1, 0.15) is 5.41 Å². The second-order valence-electron chi connectivity index (χ2n) is 7.30. The van der Waals surface area contributed by atoms with Crippen molar-refractivity contribution in [1.29, 1.82) is 5.26 Å². The first-order chi connectivity index (χ1) is 14.1. The fraction of sp³-hybridized carbons (Fsp3) is 0.318. The molecule has 0 unspecified atom stereocenters. The lowest BCUT2D eigenvalue weighted by molar-refractivity contribution is -0.131. The average molecular weight is 390 g/mol. The Hall–Kier alpha value is -3.37. The Morgan fingerprint density at radius 3 is 2.45 bits per heavy atom. The van der Waals surface area contributed by atoms with E-state index >= 15 is 0 Å². The van der Waals surface area contributed by atoms with E-state index in [4.69, 9.17) is 10.00 Å². The molecule has 0 atom stereocenters. The molecule has 148 valence electrons. The number of hydrogen-bond acceptors (Lipinski definition) is 5. The number of anilines is 3. The topological polar surface area (TPSA) is 94.5 Å². The third-order valence-corrected chi connectivity index (χ3v) is 5.37. The molecule has 7 nitrogen and oxygen atoms in total. The lowest BCUT2D eigenvalue weighted by Crippen LogP contribution is -2.38. The number of benzene rings is 2. The summed E-state index contributed by atoms with van der Waals surface area (Å²) < 4.78 is 5.41. The SMILES string of the molecule is N#Cc1cccc(NC(=O)C2(C(=O)Nc3ccccc3N3CCOCC3)CC2)c1. The van der Waals surface area contributed by atoms with Crippen LogP contribution in [-0.2, 0) is 14.3 Å². The summed E-state index contributed by atoms with van der Waals surface area (Å²) in [5, 5.41) is 14.8. The molecule has 2 N–H and O–H groups in total. The van der Waals surface area contributed by atoms with Gasteiger partial charge in [0.15, 0.2) is 0 Å². The summed E-state index contributed by atoms with van der Waals surface area (Å²) in [6.45, 7) is 2.81. The molecule has 0 radical (unpaired) electrons. The van der Waals surface area contributed by atoms with Crippen LogP contribution in [0.2, 0.25) is 0 Å². The Balaban J connectivity index is 1.48. The Morgan fingerprint density at radius 2 is 1.72 bits per heavy atom. The van der Waals surface area contributed by atoms with Gasteiger partial charge in [0.2, 0.25) is 11.8 Å². The number of rotatable bonds is 5. The lowest BCUT2D eigenvalue weighted by Gasteiger charge is -2.30. The van der Waals surface area contributed by atoms with Gasteiger partial charge in [-0.2, -0.15) is 5.26 Å². The van der Waals surface area contributed by atoms with Crippen LogP contribution in [0.4, 0.5) is 17.1 Å². The smallest absolute Gasteiger partial charge is 0.240 e. The van der Waals surface area contributed by atoms with Crippen LogP contribution < -0.4 is 15.5 Å². The second kappa shape index (κ2) is 7.94.